The minimum absolute atomic E-state index is 0.127. The summed E-state index contributed by atoms with van der Waals surface area (Å²) in [5, 5.41) is 8.67. The van der Waals surface area contributed by atoms with Gasteiger partial charge in [0, 0.05) is 19.0 Å². The fourth-order valence-electron chi connectivity index (χ4n) is 1.24. The molecule has 5 nitrogen and oxygen atoms in total. The second kappa shape index (κ2) is 4.63. The van der Waals surface area contributed by atoms with Crippen LogP contribution in [0, 0.1) is 5.92 Å². The summed E-state index contributed by atoms with van der Waals surface area (Å²) in [6, 6.07) is 0. The number of rotatable bonds is 2. The molecular weight excluding hydrogens is 228 g/mol. The number of nitrogens with zero attached hydrogens (tertiary/aromatic N) is 2. The quantitative estimate of drug-likeness (QED) is 0.593. The Hall–Kier alpha value is -0.750. The van der Waals surface area contributed by atoms with Gasteiger partial charge in [-0.25, -0.2) is 4.79 Å². The first-order chi connectivity index (χ1) is 7.21. The number of hydrogen-bond acceptors (Lipinski definition) is 3. The zero-order valence-electron chi connectivity index (χ0n) is 10.1. The van der Waals surface area contributed by atoms with E-state index in [1.165, 1.54) is 4.90 Å². The van der Waals surface area contributed by atoms with Crippen LogP contribution >= 0.6 is 0 Å². The van der Waals surface area contributed by atoms with E-state index in [1.54, 1.807) is 0 Å². The average molecular weight is 246 g/mol. The molecule has 0 spiro atoms. The molecule has 1 atom stereocenters. The molecular formula is C10H18N2O3S. The minimum Gasteiger partial charge on any atom is -0.591 e. The second-order valence-corrected chi connectivity index (χ2v) is 6.88. The van der Waals surface area contributed by atoms with E-state index in [0.29, 0.717) is 13.1 Å². The lowest BCUT2D eigenvalue weighted by molar-refractivity contribution is 0.102. The maximum absolute atomic E-state index is 11.7. The van der Waals surface area contributed by atoms with E-state index < -0.39 is 17.5 Å². The van der Waals surface area contributed by atoms with Crippen molar-refractivity contribution < 1.29 is 14.5 Å². The topological polar surface area (TPSA) is 76.0 Å². The van der Waals surface area contributed by atoms with Gasteiger partial charge in [-0.15, -0.1) is 0 Å². The van der Waals surface area contributed by atoms with Crippen molar-refractivity contribution >= 4 is 23.2 Å². The highest BCUT2D eigenvalue weighted by Crippen LogP contribution is 2.22. The van der Waals surface area contributed by atoms with Crippen LogP contribution in [0.5, 0.6) is 0 Å². The van der Waals surface area contributed by atoms with E-state index in [4.69, 9.17) is 5.11 Å². The van der Waals surface area contributed by atoms with Gasteiger partial charge in [0.1, 0.15) is 16.1 Å². The molecule has 1 unspecified atom stereocenters. The Morgan fingerprint density at radius 1 is 1.50 bits per heavy atom. The SMILES string of the molecule is CC(=N[S+]([O-])C(C)(C)C)C1CN(C(=O)O)C1. The first-order valence-corrected chi connectivity index (χ1v) is 6.27. The smallest absolute Gasteiger partial charge is 0.407 e. The molecule has 1 heterocycles. The molecule has 0 aromatic heterocycles. The van der Waals surface area contributed by atoms with Crippen LogP contribution in [-0.4, -0.2) is 44.2 Å². The van der Waals surface area contributed by atoms with Gasteiger partial charge in [-0.05, 0) is 27.7 Å². The van der Waals surface area contributed by atoms with Crippen molar-refractivity contribution in [3.63, 3.8) is 0 Å². The van der Waals surface area contributed by atoms with Crippen molar-refractivity contribution in [1.29, 1.82) is 0 Å². The van der Waals surface area contributed by atoms with Gasteiger partial charge < -0.3 is 14.6 Å². The van der Waals surface area contributed by atoms with Gasteiger partial charge in [0.15, 0.2) is 0 Å². The fraction of sp³-hybridized carbons (Fsp3) is 0.800. The molecule has 6 heteroatoms. The molecule has 1 saturated heterocycles. The molecule has 1 aliphatic heterocycles. The molecule has 1 fully saturated rings. The van der Waals surface area contributed by atoms with Gasteiger partial charge in [-0.3, -0.25) is 0 Å². The van der Waals surface area contributed by atoms with Crippen molar-refractivity contribution in [1.82, 2.24) is 4.90 Å². The van der Waals surface area contributed by atoms with Gasteiger partial charge >= 0.3 is 6.09 Å². The molecule has 0 radical (unpaired) electrons. The number of hydrogen-bond donors (Lipinski definition) is 1. The van der Waals surface area contributed by atoms with E-state index >= 15 is 0 Å². The predicted octanol–water partition coefficient (Wildman–Crippen LogP) is 1.52. The standard InChI is InChI=1S/C10H18N2O3S/c1-7(11-16(15)10(2,3)4)8-5-12(6-8)9(13)14/h8H,5-6H2,1-4H3,(H,13,14). The van der Waals surface area contributed by atoms with E-state index in [-0.39, 0.29) is 10.7 Å². The van der Waals surface area contributed by atoms with Crippen LogP contribution in [-0.2, 0) is 11.4 Å². The van der Waals surface area contributed by atoms with Gasteiger partial charge in [0.25, 0.3) is 0 Å². The molecule has 0 bridgehead atoms. The Bertz CT molecular complexity index is 306. The van der Waals surface area contributed by atoms with Gasteiger partial charge in [-0.1, -0.05) is 4.40 Å². The van der Waals surface area contributed by atoms with Crippen LogP contribution in [0.4, 0.5) is 4.79 Å². The fourth-order valence-corrected chi connectivity index (χ4v) is 1.93. The van der Waals surface area contributed by atoms with Crippen molar-refractivity contribution in [3.8, 4) is 0 Å². The van der Waals surface area contributed by atoms with E-state index in [9.17, 15) is 9.35 Å². The highest BCUT2D eigenvalue weighted by atomic mass is 32.2. The summed E-state index contributed by atoms with van der Waals surface area (Å²) < 4.78 is 15.5. The van der Waals surface area contributed by atoms with Crippen LogP contribution in [0.2, 0.25) is 0 Å². The molecule has 0 aromatic rings. The summed E-state index contributed by atoms with van der Waals surface area (Å²) in [5.41, 5.74) is 0.783. The van der Waals surface area contributed by atoms with E-state index in [0.717, 1.165) is 5.71 Å². The Morgan fingerprint density at radius 3 is 2.38 bits per heavy atom. The molecule has 0 saturated carbocycles. The Kier molecular flexibility index (Phi) is 3.85. The highest BCUT2D eigenvalue weighted by molar-refractivity contribution is 7.91. The van der Waals surface area contributed by atoms with Crippen molar-refractivity contribution in [2.24, 2.45) is 10.3 Å². The van der Waals surface area contributed by atoms with E-state index in [2.05, 4.69) is 4.40 Å². The average Bonchev–Trinajstić information content (AvgIpc) is 1.97. The minimum atomic E-state index is -1.26. The van der Waals surface area contributed by atoms with Crippen LogP contribution in [0.25, 0.3) is 0 Å². The third-order valence-electron chi connectivity index (χ3n) is 2.49. The summed E-state index contributed by atoms with van der Waals surface area (Å²) in [4.78, 5) is 11.9. The van der Waals surface area contributed by atoms with Gasteiger partial charge in [0.2, 0.25) is 0 Å². The normalized spacial score (nSPS) is 20.6. The zero-order valence-corrected chi connectivity index (χ0v) is 10.9. The van der Waals surface area contributed by atoms with Crippen molar-refractivity contribution in [2.45, 2.75) is 32.4 Å². The van der Waals surface area contributed by atoms with Gasteiger partial charge in [0.05, 0.1) is 5.71 Å². The lowest BCUT2D eigenvalue weighted by Crippen LogP contribution is -2.52. The molecule has 1 amide bonds. The largest absolute Gasteiger partial charge is 0.591 e. The zero-order chi connectivity index (χ0) is 12.5. The Balaban J connectivity index is 2.51. The molecule has 1 aliphatic rings. The summed E-state index contributed by atoms with van der Waals surface area (Å²) in [7, 11) is 0. The van der Waals surface area contributed by atoms with Crippen LogP contribution in [0.3, 0.4) is 0 Å². The molecule has 1 N–H and O–H groups in total. The maximum atomic E-state index is 11.7. The number of carboxylic acid groups (broad SMARTS) is 1. The molecule has 92 valence electrons. The number of carbonyl (C=O) groups is 1. The van der Waals surface area contributed by atoms with E-state index in [1.807, 2.05) is 27.7 Å². The lowest BCUT2D eigenvalue weighted by atomic mass is 9.96. The van der Waals surface area contributed by atoms with Crippen LogP contribution < -0.4 is 0 Å². The molecule has 0 aliphatic carbocycles. The third-order valence-corrected chi connectivity index (χ3v) is 4.00. The highest BCUT2D eigenvalue weighted by Gasteiger charge is 2.35. The monoisotopic (exact) mass is 246 g/mol. The number of likely N-dealkylation sites (tertiary alicyclic amines) is 1. The van der Waals surface area contributed by atoms with Crippen molar-refractivity contribution in [3.05, 3.63) is 0 Å². The molecule has 0 aromatic carbocycles. The second-order valence-electron chi connectivity index (χ2n) is 4.98. The van der Waals surface area contributed by atoms with Gasteiger partial charge in [-0.2, -0.15) is 0 Å². The van der Waals surface area contributed by atoms with Crippen molar-refractivity contribution in [2.75, 3.05) is 13.1 Å². The lowest BCUT2D eigenvalue weighted by Gasteiger charge is -2.36. The first kappa shape index (κ1) is 13.3. The summed E-state index contributed by atoms with van der Waals surface area (Å²) >= 11 is -1.26. The molecule has 16 heavy (non-hydrogen) atoms. The summed E-state index contributed by atoms with van der Waals surface area (Å²) in [6.07, 6.45) is -0.902. The van der Waals surface area contributed by atoms with Crippen LogP contribution in [0.15, 0.2) is 4.40 Å². The predicted molar refractivity (Wildman–Crippen MR) is 64.1 cm³/mol. The maximum Gasteiger partial charge on any atom is 0.407 e. The molecule has 1 rings (SSSR count). The number of amides is 1. The Morgan fingerprint density at radius 2 is 2.00 bits per heavy atom. The van der Waals surface area contributed by atoms with Crippen LogP contribution in [0.1, 0.15) is 27.7 Å². The summed E-state index contributed by atoms with van der Waals surface area (Å²) in [6.45, 7) is 8.34. The summed E-state index contributed by atoms with van der Waals surface area (Å²) in [5.74, 6) is 0.127. The third kappa shape index (κ3) is 3.12. The first-order valence-electron chi connectivity index (χ1n) is 5.17. The Labute approximate surface area is 98.9 Å².